The zero-order valence-electron chi connectivity index (χ0n) is 11.3. The van der Waals surface area contributed by atoms with Crippen LogP contribution in [0.3, 0.4) is 0 Å². The van der Waals surface area contributed by atoms with Gasteiger partial charge in [0.05, 0.1) is 12.2 Å². The van der Waals surface area contributed by atoms with Gasteiger partial charge < -0.3 is 20.8 Å². The molecular formula is C14H28N2O2. The van der Waals surface area contributed by atoms with Crippen molar-refractivity contribution in [2.24, 2.45) is 0 Å². The summed E-state index contributed by atoms with van der Waals surface area (Å²) >= 11 is 0. The monoisotopic (exact) mass is 256 g/mol. The number of aliphatic hydroxyl groups is 2. The molecule has 18 heavy (non-hydrogen) atoms. The van der Waals surface area contributed by atoms with Gasteiger partial charge in [0.2, 0.25) is 0 Å². The predicted octanol–water partition coefficient (Wildman–Crippen LogP) is 0.773. The maximum absolute atomic E-state index is 9.84. The number of rotatable bonds is 5. The van der Waals surface area contributed by atoms with Crippen molar-refractivity contribution in [3.8, 4) is 0 Å². The second-order valence-corrected chi connectivity index (χ2v) is 5.82. The van der Waals surface area contributed by atoms with Crippen molar-refractivity contribution in [1.82, 2.24) is 10.6 Å². The molecule has 2 fully saturated rings. The highest BCUT2D eigenvalue weighted by Gasteiger charge is 2.23. The van der Waals surface area contributed by atoms with Crippen LogP contribution >= 0.6 is 0 Å². The molecule has 2 saturated carbocycles. The number of hydrogen-bond donors (Lipinski definition) is 4. The first-order valence-corrected chi connectivity index (χ1v) is 7.60. The second-order valence-electron chi connectivity index (χ2n) is 5.82. The van der Waals surface area contributed by atoms with Gasteiger partial charge in [-0.05, 0) is 25.7 Å². The first-order chi connectivity index (χ1) is 8.77. The van der Waals surface area contributed by atoms with E-state index in [1.165, 1.54) is 12.8 Å². The summed E-state index contributed by atoms with van der Waals surface area (Å²) in [5.74, 6) is 0. The normalized spacial score (nSPS) is 37.7. The van der Waals surface area contributed by atoms with Gasteiger partial charge in [-0.25, -0.2) is 0 Å². The van der Waals surface area contributed by atoms with Gasteiger partial charge in [-0.15, -0.1) is 0 Å². The summed E-state index contributed by atoms with van der Waals surface area (Å²) in [6.07, 6.45) is 8.49. The minimum atomic E-state index is -0.168. The molecule has 0 aromatic heterocycles. The number of aliphatic hydroxyl groups excluding tert-OH is 2. The molecule has 0 aromatic carbocycles. The van der Waals surface area contributed by atoms with E-state index in [0.717, 1.165) is 51.6 Å². The van der Waals surface area contributed by atoms with Crippen molar-refractivity contribution >= 4 is 0 Å². The molecule has 0 heterocycles. The SMILES string of the molecule is O[C@H]1CCCC[C@H]1NCCN[C@@H]1CCCC[C@@H]1O. The molecule has 2 aliphatic rings. The van der Waals surface area contributed by atoms with Crippen LogP contribution in [0.2, 0.25) is 0 Å². The van der Waals surface area contributed by atoms with Crippen molar-refractivity contribution in [3.05, 3.63) is 0 Å². The lowest BCUT2D eigenvalue weighted by molar-refractivity contribution is 0.0844. The van der Waals surface area contributed by atoms with Crippen molar-refractivity contribution in [2.75, 3.05) is 13.1 Å². The average Bonchev–Trinajstić information content (AvgIpc) is 2.38. The van der Waals surface area contributed by atoms with Crippen molar-refractivity contribution in [3.63, 3.8) is 0 Å². The van der Waals surface area contributed by atoms with E-state index in [4.69, 9.17) is 0 Å². The molecule has 4 N–H and O–H groups in total. The van der Waals surface area contributed by atoms with Crippen molar-refractivity contribution < 1.29 is 10.2 Å². The van der Waals surface area contributed by atoms with Crippen LogP contribution in [-0.4, -0.2) is 47.6 Å². The highest BCUT2D eigenvalue weighted by molar-refractivity contribution is 4.82. The van der Waals surface area contributed by atoms with E-state index in [9.17, 15) is 10.2 Å². The molecule has 0 aromatic rings. The van der Waals surface area contributed by atoms with E-state index in [1.54, 1.807) is 0 Å². The molecule has 0 spiro atoms. The Morgan fingerprint density at radius 2 is 1.06 bits per heavy atom. The Hall–Kier alpha value is -0.160. The zero-order chi connectivity index (χ0) is 12.8. The molecule has 0 saturated heterocycles. The van der Waals surface area contributed by atoms with Gasteiger partial charge in [-0.3, -0.25) is 0 Å². The van der Waals surface area contributed by atoms with Crippen LogP contribution in [0.15, 0.2) is 0 Å². The third kappa shape index (κ3) is 4.19. The van der Waals surface area contributed by atoms with E-state index in [2.05, 4.69) is 10.6 Å². The lowest BCUT2D eigenvalue weighted by atomic mass is 9.92. The lowest BCUT2D eigenvalue weighted by Gasteiger charge is -2.30. The van der Waals surface area contributed by atoms with E-state index in [-0.39, 0.29) is 24.3 Å². The number of hydrogen-bond acceptors (Lipinski definition) is 4. The predicted molar refractivity (Wildman–Crippen MR) is 72.5 cm³/mol. The maximum Gasteiger partial charge on any atom is 0.0693 e. The van der Waals surface area contributed by atoms with E-state index in [0.29, 0.717) is 0 Å². The second kappa shape index (κ2) is 7.43. The fourth-order valence-corrected chi connectivity index (χ4v) is 3.21. The van der Waals surface area contributed by atoms with Gasteiger partial charge in [-0.1, -0.05) is 25.7 Å². The molecule has 0 aliphatic heterocycles. The molecule has 0 radical (unpaired) electrons. The molecule has 0 unspecified atom stereocenters. The molecule has 2 rings (SSSR count). The van der Waals surface area contributed by atoms with Crippen LogP contribution in [0.5, 0.6) is 0 Å². The van der Waals surface area contributed by atoms with E-state index in [1.807, 2.05) is 0 Å². The van der Waals surface area contributed by atoms with E-state index < -0.39 is 0 Å². The van der Waals surface area contributed by atoms with Gasteiger partial charge in [-0.2, -0.15) is 0 Å². The molecular weight excluding hydrogens is 228 g/mol. The fourth-order valence-electron chi connectivity index (χ4n) is 3.21. The Morgan fingerprint density at radius 1 is 0.667 bits per heavy atom. The molecule has 2 aliphatic carbocycles. The lowest BCUT2D eigenvalue weighted by Crippen LogP contribution is -2.48. The Labute approximate surface area is 110 Å². The minimum absolute atomic E-state index is 0.168. The van der Waals surface area contributed by atoms with Crippen LogP contribution in [0, 0.1) is 0 Å². The molecule has 4 heteroatoms. The topological polar surface area (TPSA) is 64.5 Å². The summed E-state index contributed by atoms with van der Waals surface area (Å²) in [6.45, 7) is 1.76. The van der Waals surface area contributed by atoms with E-state index >= 15 is 0 Å². The highest BCUT2D eigenvalue weighted by atomic mass is 16.3. The fraction of sp³-hybridized carbons (Fsp3) is 1.00. The van der Waals surface area contributed by atoms with Crippen LogP contribution < -0.4 is 10.6 Å². The quantitative estimate of drug-likeness (QED) is 0.549. The molecule has 0 amide bonds. The minimum Gasteiger partial charge on any atom is -0.392 e. The van der Waals surface area contributed by atoms with Crippen LogP contribution in [0.4, 0.5) is 0 Å². The number of nitrogens with one attached hydrogen (secondary N) is 2. The summed E-state index contributed by atoms with van der Waals surface area (Å²) in [6, 6.07) is 0.550. The standard InChI is InChI=1S/C14H28N2O2/c17-13-7-3-1-5-11(13)15-9-10-16-12-6-2-4-8-14(12)18/h11-18H,1-10H2/t11-,12-,13+,14+/m1/s1. The Bertz CT molecular complexity index is 214. The molecule has 106 valence electrons. The summed E-state index contributed by atoms with van der Waals surface area (Å²) < 4.78 is 0. The zero-order valence-corrected chi connectivity index (χ0v) is 11.3. The van der Waals surface area contributed by atoms with Gasteiger partial charge in [0, 0.05) is 25.2 Å². The molecule has 4 atom stereocenters. The van der Waals surface area contributed by atoms with Crippen LogP contribution in [-0.2, 0) is 0 Å². The van der Waals surface area contributed by atoms with Gasteiger partial charge >= 0.3 is 0 Å². The van der Waals surface area contributed by atoms with Gasteiger partial charge in [0.25, 0.3) is 0 Å². The first-order valence-electron chi connectivity index (χ1n) is 7.60. The van der Waals surface area contributed by atoms with Crippen molar-refractivity contribution in [1.29, 1.82) is 0 Å². The first kappa shape index (κ1) is 14.3. The summed E-state index contributed by atoms with van der Waals surface area (Å²) in [5.41, 5.74) is 0. The molecule has 0 bridgehead atoms. The summed E-state index contributed by atoms with van der Waals surface area (Å²) in [5, 5.41) is 26.5. The van der Waals surface area contributed by atoms with Gasteiger partial charge in [0.15, 0.2) is 0 Å². The Morgan fingerprint density at radius 3 is 1.44 bits per heavy atom. The van der Waals surface area contributed by atoms with Crippen molar-refractivity contribution in [2.45, 2.75) is 75.7 Å². The Balaban J connectivity index is 1.57. The van der Waals surface area contributed by atoms with Crippen LogP contribution in [0.1, 0.15) is 51.4 Å². The Kier molecular flexibility index (Phi) is 5.89. The smallest absolute Gasteiger partial charge is 0.0693 e. The largest absolute Gasteiger partial charge is 0.392 e. The third-order valence-corrected chi connectivity index (χ3v) is 4.40. The molecule has 4 nitrogen and oxygen atoms in total. The maximum atomic E-state index is 9.84. The summed E-state index contributed by atoms with van der Waals surface area (Å²) in [4.78, 5) is 0. The average molecular weight is 256 g/mol. The van der Waals surface area contributed by atoms with Gasteiger partial charge in [0.1, 0.15) is 0 Å². The summed E-state index contributed by atoms with van der Waals surface area (Å²) in [7, 11) is 0. The third-order valence-electron chi connectivity index (χ3n) is 4.40. The van der Waals surface area contributed by atoms with Crippen LogP contribution in [0.25, 0.3) is 0 Å². The highest BCUT2D eigenvalue weighted by Crippen LogP contribution is 2.19.